The van der Waals surface area contributed by atoms with Gasteiger partial charge in [0.25, 0.3) is 5.91 Å². The molecule has 1 aromatic heterocycles. The van der Waals surface area contributed by atoms with Crippen LogP contribution in [-0.4, -0.2) is 37.3 Å². The highest BCUT2D eigenvalue weighted by molar-refractivity contribution is 8.01. The van der Waals surface area contributed by atoms with Crippen molar-refractivity contribution in [3.8, 4) is 0 Å². The van der Waals surface area contributed by atoms with Crippen LogP contribution in [0.15, 0.2) is 33.5 Å². The molecule has 118 valence electrons. The summed E-state index contributed by atoms with van der Waals surface area (Å²) < 4.78 is 26.5. The van der Waals surface area contributed by atoms with Crippen LogP contribution in [0.1, 0.15) is 17.3 Å². The Morgan fingerprint density at radius 3 is 2.82 bits per heavy atom. The van der Waals surface area contributed by atoms with E-state index in [1.165, 1.54) is 54.4 Å². The Labute approximate surface area is 136 Å². The fourth-order valence-electron chi connectivity index (χ4n) is 1.53. The first-order chi connectivity index (χ1) is 10.5. The molecule has 0 saturated carbocycles. The van der Waals surface area contributed by atoms with Gasteiger partial charge in [-0.05, 0) is 31.0 Å². The second-order valence-electron chi connectivity index (χ2n) is 4.00. The molecule has 2 aromatic rings. The second kappa shape index (κ2) is 7.18. The fourth-order valence-corrected chi connectivity index (χ4v) is 3.95. The van der Waals surface area contributed by atoms with Crippen LogP contribution in [-0.2, 0) is 10.0 Å². The molecule has 1 aromatic carbocycles. The number of amides is 1. The molecule has 0 aliphatic carbocycles. The van der Waals surface area contributed by atoms with Gasteiger partial charge in [-0.1, -0.05) is 36.1 Å². The van der Waals surface area contributed by atoms with E-state index in [2.05, 4.69) is 20.2 Å². The number of carbonyl (C=O) groups is 1. The second-order valence-corrected chi connectivity index (χ2v) is 8.37. The zero-order valence-corrected chi connectivity index (χ0v) is 14.3. The lowest BCUT2D eigenvalue weighted by Gasteiger charge is -2.05. The van der Waals surface area contributed by atoms with Crippen LogP contribution in [0.2, 0.25) is 0 Å². The molecule has 7 nitrogen and oxygen atoms in total. The molecule has 1 heterocycles. The fraction of sp³-hybridized carbons (Fsp3) is 0.250. The Morgan fingerprint density at radius 1 is 1.36 bits per heavy atom. The summed E-state index contributed by atoms with van der Waals surface area (Å²) in [7, 11) is -2.27. The van der Waals surface area contributed by atoms with E-state index in [1.54, 1.807) is 0 Å². The predicted molar refractivity (Wildman–Crippen MR) is 86.9 cm³/mol. The first kappa shape index (κ1) is 16.9. The van der Waals surface area contributed by atoms with Crippen molar-refractivity contribution in [2.24, 2.45) is 0 Å². The van der Waals surface area contributed by atoms with Gasteiger partial charge in [0, 0.05) is 5.56 Å². The average molecular weight is 358 g/mol. The number of carbonyl (C=O) groups excluding carboxylic acids is 1. The highest BCUT2D eigenvalue weighted by Crippen LogP contribution is 2.25. The van der Waals surface area contributed by atoms with Crippen LogP contribution >= 0.6 is 23.1 Å². The number of benzene rings is 1. The summed E-state index contributed by atoms with van der Waals surface area (Å²) in [6, 6.07) is 5.78. The average Bonchev–Trinajstić information content (AvgIpc) is 2.95. The maximum Gasteiger partial charge on any atom is 0.257 e. The zero-order chi connectivity index (χ0) is 16.2. The number of hydrogen-bond acceptors (Lipinski definition) is 7. The first-order valence-corrected chi connectivity index (χ1v) is 9.56. The number of aromatic nitrogens is 2. The lowest BCUT2D eigenvalue weighted by molar-refractivity contribution is 0.102. The third kappa shape index (κ3) is 4.03. The lowest BCUT2D eigenvalue weighted by Crippen LogP contribution is -2.19. The van der Waals surface area contributed by atoms with E-state index in [1.807, 2.05) is 6.92 Å². The Bertz CT molecular complexity index is 773. The van der Waals surface area contributed by atoms with Crippen LogP contribution in [0.3, 0.4) is 0 Å². The van der Waals surface area contributed by atoms with Gasteiger partial charge < -0.3 is 0 Å². The van der Waals surface area contributed by atoms with Gasteiger partial charge in [-0.2, -0.15) is 0 Å². The molecule has 0 saturated heterocycles. The van der Waals surface area contributed by atoms with Crippen molar-refractivity contribution in [2.45, 2.75) is 16.2 Å². The number of sulfonamides is 1. The maximum absolute atomic E-state index is 12.2. The monoisotopic (exact) mass is 358 g/mol. The Kier molecular flexibility index (Phi) is 5.51. The van der Waals surface area contributed by atoms with Crippen LogP contribution in [0.25, 0.3) is 0 Å². The Hall–Kier alpha value is -1.49. The van der Waals surface area contributed by atoms with Crippen molar-refractivity contribution in [1.29, 1.82) is 0 Å². The standard InChI is InChI=1S/C12H14N4O3S3/c1-3-20-12-16-15-11(21-12)14-10(17)8-5-4-6-9(7-8)22(18,19)13-2/h4-7,13H,3H2,1-2H3,(H,14,15,17). The van der Waals surface area contributed by atoms with Gasteiger partial charge in [0.1, 0.15) is 0 Å². The molecule has 22 heavy (non-hydrogen) atoms. The van der Waals surface area contributed by atoms with Crippen molar-refractivity contribution in [2.75, 3.05) is 18.1 Å². The molecule has 0 aliphatic heterocycles. The molecule has 2 N–H and O–H groups in total. The number of nitrogens with zero attached hydrogens (tertiary/aromatic N) is 2. The highest BCUT2D eigenvalue weighted by Gasteiger charge is 2.15. The largest absolute Gasteiger partial charge is 0.296 e. The summed E-state index contributed by atoms with van der Waals surface area (Å²) in [6.45, 7) is 2.00. The van der Waals surface area contributed by atoms with E-state index in [-0.39, 0.29) is 10.5 Å². The van der Waals surface area contributed by atoms with Crippen LogP contribution < -0.4 is 10.0 Å². The molecule has 0 atom stereocenters. The van der Waals surface area contributed by atoms with E-state index in [9.17, 15) is 13.2 Å². The molecule has 0 unspecified atom stereocenters. The van der Waals surface area contributed by atoms with Crippen molar-refractivity contribution in [1.82, 2.24) is 14.9 Å². The summed E-state index contributed by atoms with van der Waals surface area (Å²) in [5.41, 5.74) is 0.233. The molecule has 10 heteroatoms. The molecular formula is C12H14N4O3S3. The van der Waals surface area contributed by atoms with Gasteiger partial charge >= 0.3 is 0 Å². The maximum atomic E-state index is 12.2. The lowest BCUT2D eigenvalue weighted by atomic mass is 10.2. The van der Waals surface area contributed by atoms with Gasteiger partial charge in [0.2, 0.25) is 15.2 Å². The molecule has 0 aliphatic rings. The van der Waals surface area contributed by atoms with Crippen LogP contribution in [0, 0.1) is 0 Å². The first-order valence-electron chi connectivity index (χ1n) is 6.27. The van der Waals surface area contributed by atoms with Crippen molar-refractivity contribution in [3.05, 3.63) is 29.8 Å². The number of thioether (sulfide) groups is 1. The van der Waals surface area contributed by atoms with Crippen molar-refractivity contribution >= 4 is 44.2 Å². The van der Waals surface area contributed by atoms with Crippen molar-refractivity contribution < 1.29 is 13.2 Å². The Morgan fingerprint density at radius 2 is 2.14 bits per heavy atom. The highest BCUT2D eigenvalue weighted by atomic mass is 32.2. The minimum Gasteiger partial charge on any atom is -0.296 e. The quantitative estimate of drug-likeness (QED) is 0.603. The zero-order valence-electron chi connectivity index (χ0n) is 11.9. The summed E-state index contributed by atoms with van der Waals surface area (Å²) in [5.74, 6) is 0.435. The number of anilines is 1. The SMILES string of the molecule is CCSc1nnc(NC(=O)c2cccc(S(=O)(=O)NC)c2)s1. The number of hydrogen-bond donors (Lipinski definition) is 2. The summed E-state index contributed by atoms with van der Waals surface area (Å²) in [5, 5.41) is 10.8. The minimum absolute atomic E-state index is 0.0298. The third-order valence-corrected chi connectivity index (χ3v) is 5.84. The van der Waals surface area contributed by atoms with Gasteiger partial charge in [-0.15, -0.1) is 10.2 Å². The molecule has 1 amide bonds. The third-order valence-electron chi connectivity index (χ3n) is 2.57. The van der Waals surface area contributed by atoms with E-state index in [0.29, 0.717) is 5.13 Å². The predicted octanol–water partition coefficient (Wildman–Crippen LogP) is 1.81. The van der Waals surface area contributed by atoms with E-state index in [0.717, 1.165) is 10.1 Å². The minimum atomic E-state index is -3.59. The van der Waals surface area contributed by atoms with E-state index >= 15 is 0 Å². The molecule has 0 bridgehead atoms. The van der Waals surface area contributed by atoms with Crippen molar-refractivity contribution in [3.63, 3.8) is 0 Å². The molecular weight excluding hydrogens is 344 g/mol. The molecule has 0 fully saturated rings. The van der Waals surface area contributed by atoms with Crippen LogP contribution in [0.4, 0.5) is 5.13 Å². The Balaban J connectivity index is 2.17. The summed E-state index contributed by atoms with van der Waals surface area (Å²) in [4.78, 5) is 12.2. The van der Waals surface area contributed by atoms with Gasteiger partial charge in [-0.25, -0.2) is 13.1 Å². The summed E-state index contributed by atoms with van der Waals surface area (Å²) >= 11 is 2.81. The topological polar surface area (TPSA) is 101 Å². The number of rotatable bonds is 6. The molecule has 2 rings (SSSR count). The van der Waals surface area contributed by atoms with Gasteiger partial charge in [-0.3, -0.25) is 10.1 Å². The smallest absolute Gasteiger partial charge is 0.257 e. The van der Waals surface area contributed by atoms with Gasteiger partial charge in [0.05, 0.1) is 4.90 Å². The van der Waals surface area contributed by atoms with E-state index in [4.69, 9.17) is 0 Å². The summed E-state index contributed by atoms with van der Waals surface area (Å²) in [6.07, 6.45) is 0. The normalized spacial score (nSPS) is 11.4. The molecule has 0 spiro atoms. The molecule has 0 radical (unpaired) electrons. The van der Waals surface area contributed by atoms with E-state index < -0.39 is 15.9 Å². The van der Waals surface area contributed by atoms with Gasteiger partial charge in [0.15, 0.2) is 4.34 Å². The number of nitrogens with one attached hydrogen (secondary N) is 2. The van der Waals surface area contributed by atoms with Crippen LogP contribution in [0.5, 0.6) is 0 Å².